The number of rotatable bonds is 8. The van der Waals surface area contributed by atoms with Crippen LogP contribution in [-0.2, 0) is 0 Å². The number of hydrogen-bond donors (Lipinski definition) is 1. The van der Waals surface area contributed by atoms with Gasteiger partial charge in [-0.25, -0.2) is 0 Å². The highest BCUT2D eigenvalue weighted by Crippen LogP contribution is 2.25. The lowest BCUT2D eigenvalue weighted by Gasteiger charge is -2.11. The molecule has 0 aliphatic carbocycles. The van der Waals surface area contributed by atoms with E-state index in [0.717, 1.165) is 31.0 Å². The summed E-state index contributed by atoms with van der Waals surface area (Å²) in [5.41, 5.74) is 0. The maximum atomic E-state index is 5.84. The average molecular weight is 258 g/mol. The second-order valence-corrected chi connectivity index (χ2v) is 4.56. The van der Waals surface area contributed by atoms with E-state index in [1.165, 1.54) is 0 Å². The summed E-state index contributed by atoms with van der Waals surface area (Å²) < 4.78 is 10.8. The van der Waals surface area contributed by atoms with E-state index in [1.54, 1.807) is 7.11 Å². The first-order chi connectivity index (χ1) is 8.24. The van der Waals surface area contributed by atoms with Crippen molar-refractivity contribution in [2.24, 2.45) is 0 Å². The number of ether oxygens (including phenoxy) is 2. The summed E-state index contributed by atoms with van der Waals surface area (Å²) in [7, 11) is 1.64. The lowest BCUT2D eigenvalue weighted by molar-refractivity contribution is 0.292. The minimum atomic E-state index is 0.220. The number of para-hydroxylation sites is 2. The van der Waals surface area contributed by atoms with Crippen LogP contribution in [0.1, 0.15) is 13.3 Å². The van der Waals surface area contributed by atoms with E-state index in [9.17, 15) is 0 Å². The SMILES string of the molecule is COc1ccccc1OCCNCCC(C)Cl. The van der Waals surface area contributed by atoms with Gasteiger partial charge in [-0.1, -0.05) is 12.1 Å². The third-order valence-electron chi connectivity index (χ3n) is 2.32. The second-order valence-electron chi connectivity index (χ2n) is 3.82. The molecular formula is C13H20ClNO2. The van der Waals surface area contributed by atoms with Gasteiger partial charge < -0.3 is 14.8 Å². The number of halogens is 1. The quantitative estimate of drug-likeness (QED) is 0.574. The van der Waals surface area contributed by atoms with E-state index < -0.39 is 0 Å². The number of benzene rings is 1. The predicted molar refractivity (Wildman–Crippen MR) is 71.3 cm³/mol. The third kappa shape index (κ3) is 5.80. The van der Waals surface area contributed by atoms with Crippen molar-refractivity contribution in [1.82, 2.24) is 5.32 Å². The Morgan fingerprint density at radius 2 is 1.94 bits per heavy atom. The van der Waals surface area contributed by atoms with Crippen molar-refractivity contribution in [2.45, 2.75) is 18.7 Å². The van der Waals surface area contributed by atoms with E-state index in [4.69, 9.17) is 21.1 Å². The molecule has 4 heteroatoms. The molecular weight excluding hydrogens is 238 g/mol. The molecule has 96 valence electrons. The Kier molecular flexibility index (Phi) is 6.82. The van der Waals surface area contributed by atoms with Gasteiger partial charge in [0.25, 0.3) is 0 Å². The summed E-state index contributed by atoms with van der Waals surface area (Å²) in [5.74, 6) is 1.55. The maximum absolute atomic E-state index is 5.84. The van der Waals surface area contributed by atoms with Crippen LogP contribution in [0.4, 0.5) is 0 Å². The number of alkyl halides is 1. The fraction of sp³-hybridized carbons (Fsp3) is 0.538. The molecule has 0 saturated heterocycles. The monoisotopic (exact) mass is 257 g/mol. The average Bonchev–Trinajstić information content (AvgIpc) is 2.33. The van der Waals surface area contributed by atoms with Gasteiger partial charge in [-0.15, -0.1) is 11.6 Å². The Hall–Kier alpha value is -0.930. The molecule has 1 atom stereocenters. The standard InChI is InChI=1S/C13H20ClNO2/c1-11(14)7-8-15-9-10-17-13-6-4-3-5-12(13)16-2/h3-6,11,15H,7-10H2,1-2H3. The number of methoxy groups -OCH3 is 1. The van der Waals surface area contributed by atoms with Crippen LogP contribution in [0.2, 0.25) is 0 Å². The van der Waals surface area contributed by atoms with Crippen LogP contribution >= 0.6 is 11.6 Å². The van der Waals surface area contributed by atoms with Crippen molar-refractivity contribution in [3.05, 3.63) is 24.3 Å². The molecule has 0 aliphatic rings. The van der Waals surface area contributed by atoms with Crippen LogP contribution < -0.4 is 14.8 Å². The highest BCUT2D eigenvalue weighted by molar-refractivity contribution is 6.20. The van der Waals surface area contributed by atoms with Crippen LogP contribution in [0.3, 0.4) is 0 Å². The topological polar surface area (TPSA) is 30.5 Å². The molecule has 0 fully saturated rings. The van der Waals surface area contributed by atoms with Gasteiger partial charge in [-0.05, 0) is 32.0 Å². The molecule has 0 radical (unpaired) electrons. The van der Waals surface area contributed by atoms with Crippen LogP contribution in [-0.4, -0.2) is 32.2 Å². The Balaban J connectivity index is 2.17. The molecule has 3 nitrogen and oxygen atoms in total. The zero-order valence-electron chi connectivity index (χ0n) is 10.4. The van der Waals surface area contributed by atoms with E-state index in [0.29, 0.717) is 6.61 Å². The minimum Gasteiger partial charge on any atom is -0.493 e. The van der Waals surface area contributed by atoms with Crippen LogP contribution in [0.5, 0.6) is 11.5 Å². The molecule has 1 aromatic rings. The fourth-order valence-electron chi connectivity index (χ4n) is 1.40. The van der Waals surface area contributed by atoms with E-state index in [1.807, 2.05) is 31.2 Å². The Bertz CT molecular complexity index is 318. The molecule has 0 aliphatic heterocycles. The zero-order valence-corrected chi connectivity index (χ0v) is 11.2. The molecule has 17 heavy (non-hydrogen) atoms. The van der Waals surface area contributed by atoms with E-state index in [2.05, 4.69) is 5.32 Å². The van der Waals surface area contributed by atoms with Crippen LogP contribution in [0, 0.1) is 0 Å². The summed E-state index contributed by atoms with van der Waals surface area (Å²) in [6, 6.07) is 7.64. The minimum absolute atomic E-state index is 0.220. The smallest absolute Gasteiger partial charge is 0.161 e. The van der Waals surface area contributed by atoms with Crippen LogP contribution in [0.25, 0.3) is 0 Å². The first-order valence-electron chi connectivity index (χ1n) is 5.84. The van der Waals surface area contributed by atoms with Crippen molar-refractivity contribution < 1.29 is 9.47 Å². The molecule has 1 aromatic carbocycles. The van der Waals surface area contributed by atoms with Gasteiger partial charge in [0.15, 0.2) is 11.5 Å². The largest absolute Gasteiger partial charge is 0.493 e. The second kappa shape index (κ2) is 8.20. The highest BCUT2D eigenvalue weighted by atomic mass is 35.5. The number of hydrogen-bond acceptors (Lipinski definition) is 3. The molecule has 0 spiro atoms. The van der Waals surface area contributed by atoms with Crippen molar-refractivity contribution in [2.75, 3.05) is 26.8 Å². The summed E-state index contributed by atoms with van der Waals surface area (Å²) in [6.45, 7) is 4.34. The highest BCUT2D eigenvalue weighted by Gasteiger charge is 2.01. The zero-order chi connectivity index (χ0) is 12.5. The summed E-state index contributed by atoms with van der Waals surface area (Å²) in [6.07, 6.45) is 0.968. The van der Waals surface area contributed by atoms with E-state index in [-0.39, 0.29) is 5.38 Å². The normalized spacial score (nSPS) is 12.2. The molecule has 1 rings (SSSR count). The fourth-order valence-corrected chi connectivity index (χ4v) is 1.51. The predicted octanol–water partition coefficient (Wildman–Crippen LogP) is 2.68. The first-order valence-corrected chi connectivity index (χ1v) is 6.28. The molecule has 0 saturated carbocycles. The molecule has 1 N–H and O–H groups in total. The van der Waals surface area contributed by atoms with Gasteiger partial charge in [0, 0.05) is 11.9 Å². The van der Waals surface area contributed by atoms with Gasteiger partial charge >= 0.3 is 0 Å². The molecule has 0 amide bonds. The van der Waals surface area contributed by atoms with Gasteiger partial charge in [-0.3, -0.25) is 0 Å². The molecule has 1 unspecified atom stereocenters. The van der Waals surface area contributed by atoms with Crippen molar-refractivity contribution in [3.8, 4) is 11.5 Å². The van der Waals surface area contributed by atoms with Gasteiger partial charge in [-0.2, -0.15) is 0 Å². The van der Waals surface area contributed by atoms with E-state index >= 15 is 0 Å². The van der Waals surface area contributed by atoms with Gasteiger partial charge in [0.1, 0.15) is 6.61 Å². The number of nitrogens with one attached hydrogen (secondary N) is 1. The van der Waals surface area contributed by atoms with Crippen molar-refractivity contribution >= 4 is 11.6 Å². The Labute approximate surface area is 108 Å². The van der Waals surface area contributed by atoms with Crippen molar-refractivity contribution in [1.29, 1.82) is 0 Å². The summed E-state index contributed by atoms with van der Waals surface area (Å²) in [4.78, 5) is 0. The summed E-state index contributed by atoms with van der Waals surface area (Å²) in [5, 5.41) is 3.49. The lowest BCUT2D eigenvalue weighted by atomic mass is 10.3. The lowest BCUT2D eigenvalue weighted by Crippen LogP contribution is -2.23. The van der Waals surface area contributed by atoms with Crippen LogP contribution in [0.15, 0.2) is 24.3 Å². The molecule has 0 heterocycles. The Morgan fingerprint density at radius 1 is 1.24 bits per heavy atom. The molecule has 0 bridgehead atoms. The Morgan fingerprint density at radius 3 is 2.59 bits per heavy atom. The van der Waals surface area contributed by atoms with Crippen molar-refractivity contribution in [3.63, 3.8) is 0 Å². The third-order valence-corrected chi connectivity index (χ3v) is 2.54. The summed E-state index contributed by atoms with van der Waals surface area (Å²) >= 11 is 5.84. The van der Waals surface area contributed by atoms with Gasteiger partial charge in [0.2, 0.25) is 0 Å². The first kappa shape index (κ1) is 14.1. The van der Waals surface area contributed by atoms with Gasteiger partial charge in [0.05, 0.1) is 7.11 Å². The molecule has 0 aromatic heterocycles. The maximum Gasteiger partial charge on any atom is 0.161 e.